The first-order valence-corrected chi connectivity index (χ1v) is 8.78. The largest absolute Gasteiger partial charge is 0.348 e. The van der Waals surface area contributed by atoms with Gasteiger partial charge in [0.05, 0.1) is 0 Å². The smallest absolute Gasteiger partial charge is 0.268 e. The van der Waals surface area contributed by atoms with Gasteiger partial charge in [0.25, 0.3) is 5.91 Å². The molecule has 1 aliphatic heterocycles. The molecule has 0 bridgehead atoms. The van der Waals surface area contributed by atoms with Gasteiger partial charge in [-0.1, -0.05) is 0 Å². The lowest BCUT2D eigenvalue weighted by molar-refractivity contribution is 0.0923. The molecule has 1 fully saturated rings. The molecule has 1 aromatic heterocycles. The van der Waals surface area contributed by atoms with E-state index < -0.39 is 10.8 Å². The second kappa shape index (κ2) is 6.22. The summed E-state index contributed by atoms with van der Waals surface area (Å²) in [5.74, 6) is 1.34. The fourth-order valence-corrected chi connectivity index (χ4v) is 3.99. The Labute approximate surface area is 124 Å². The maximum atomic E-state index is 12.3. The first-order valence-electron chi connectivity index (χ1n) is 6.50. The van der Waals surface area contributed by atoms with Crippen LogP contribution in [0.5, 0.6) is 0 Å². The van der Waals surface area contributed by atoms with E-state index in [4.69, 9.17) is 0 Å². The van der Waals surface area contributed by atoms with Crippen molar-refractivity contribution in [2.75, 3.05) is 11.5 Å². The van der Waals surface area contributed by atoms with Gasteiger partial charge in [-0.25, -0.2) is 0 Å². The van der Waals surface area contributed by atoms with Crippen molar-refractivity contribution < 1.29 is 9.00 Å². The Hall–Kier alpha value is -0.620. The molecule has 1 aromatic rings. The summed E-state index contributed by atoms with van der Waals surface area (Å²) in [4.78, 5) is 12.3. The first kappa shape index (κ1) is 14.8. The van der Waals surface area contributed by atoms with Crippen molar-refractivity contribution in [3.05, 3.63) is 22.4 Å². The molecule has 0 spiro atoms. The van der Waals surface area contributed by atoms with Crippen molar-refractivity contribution in [1.29, 1.82) is 0 Å². The van der Waals surface area contributed by atoms with Gasteiger partial charge in [-0.15, -0.1) is 0 Å². The van der Waals surface area contributed by atoms with E-state index >= 15 is 0 Å². The molecular formula is C13H19BrN2O2S. The van der Waals surface area contributed by atoms with Crippen LogP contribution in [0.15, 0.2) is 16.7 Å². The lowest BCUT2D eigenvalue weighted by atomic mass is 10.1. The molecule has 0 radical (unpaired) electrons. The van der Waals surface area contributed by atoms with Crippen LogP contribution in [0.2, 0.25) is 0 Å². The van der Waals surface area contributed by atoms with E-state index in [9.17, 15) is 9.00 Å². The molecule has 1 saturated heterocycles. The zero-order valence-corrected chi connectivity index (χ0v) is 13.6. The highest BCUT2D eigenvalue weighted by atomic mass is 79.9. The molecule has 6 heteroatoms. The summed E-state index contributed by atoms with van der Waals surface area (Å²) in [6.07, 6.45) is 3.54. The maximum Gasteiger partial charge on any atom is 0.268 e. The molecule has 19 heavy (non-hydrogen) atoms. The molecule has 2 rings (SSSR count). The first-order chi connectivity index (χ1) is 8.97. The molecule has 106 valence electrons. The van der Waals surface area contributed by atoms with Gasteiger partial charge in [0, 0.05) is 45.1 Å². The summed E-state index contributed by atoms with van der Waals surface area (Å²) in [5, 5.41) is 3.05. The SMILES string of the molecule is CC(C)n1cc(Br)cc1C(=O)NC1CCS(=O)CC1. The highest BCUT2D eigenvalue weighted by Gasteiger charge is 2.22. The lowest BCUT2D eigenvalue weighted by Crippen LogP contribution is -2.40. The molecule has 0 aliphatic carbocycles. The minimum Gasteiger partial charge on any atom is -0.348 e. The van der Waals surface area contributed by atoms with E-state index in [1.807, 2.05) is 30.7 Å². The number of rotatable bonds is 3. The summed E-state index contributed by atoms with van der Waals surface area (Å²) >= 11 is 3.41. The summed E-state index contributed by atoms with van der Waals surface area (Å²) in [7, 11) is -0.692. The van der Waals surface area contributed by atoms with Crippen molar-refractivity contribution in [2.24, 2.45) is 0 Å². The van der Waals surface area contributed by atoms with Crippen LogP contribution in [0.25, 0.3) is 0 Å². The third kappa shape index (κ3) is 3.69. The second-order valence-electron chi connectivity index (χ2n) is 5.14. The van der Waals surface area contributed by atoms with Crippen LogP contribution in [0, 0.1) is 0 Å². The molecule has 0 saturated carbocycles. The van der Waals surface area contributed by atoms with Crippen molar-refractivity contribution >= 4 is 32.6 Å². The van der Waals surface area contributed by atoms with Crippen LogP contribution in [0.4, 0.5) is 0 Å². The summed E-state index contributed by atoms with van der Waals surface area (Å²) in [6, 6.07) is 2.24. The Morgan fingerprint density at radius 1 is 1.47 bits per heavy atom. The van der Waals surface area contributed by atoms with Crippen LogP contribution < -0.4 is 5.32 Å². The molecule has 1 N–H and O–H groups in total. The van der Waals surface area contributed by atoms with E-state index in [0.29, 0.717) is 17.2 Å². The second-order valence-corrected chi connectivity index (χ2v) is 7.75. The van der Waals surface area contributed by atoms with E-state index in [1.165, 1.54) is 0 Å². The van der Waals surface area contributed by atoms with E-state index in [0.717, 1.165) is 17.3 Å². The van der Waals surface area contributed by atoms with E-state index in [2.05, 4.69) is 21.2 Å². The van der Waals surface area contributed by atoms with Crippen LogP contribution in [0.1, 0.15) is 43.2 Å². The minimum atomic E-state index is -0.692. The number of hydrogen-bond donors (Lipinski definition) is 1. The molecule has 0 atom stereocenters. The average molecular weight is 347 g/mol. The number of carbonyl (C=O) groups excluding carboxylic acids is 1. The fourth-order valence-electron chi connectivity index (χ4n) is 2.25. The van der Waals surface area contributed by atoms with Crippen molar-refractivity contribution in [1.82, 2.24) is 9.88 Å². The minimum absolute atomic E-state index is 0.0444. The molecule has 1 amide bonds. The van der Waals surface area contributed by atoms with Crippen molar-refractivity contribution in [3.63, 3.8) is 0 Å². The highest BCUT2D eigenvalue weighted by molar-refractivity contribution is 9.10. The van der Waals surface area contributed by atoms with Gasteiger partial charge >= 0.3 is 0 Å². The van der Waals surface area contributed by atoms with Gasteiger partial charge in [-0.2, -0.15) is 0 Å². The van der Waals surface area contributed by atoms with Gasteiger partial charge < -0.3 is 9.88 Å². The number of amides is 1. The van der Waals surface area contributed by atoms with Gasteiger partial charge in [0.2, 0.25) is 0 Å². The Balaban J connectivity index is 2.05. The van der Waals surface area contributed by atoms with Crippen LogP contribution in [-0.2, 0) is 10.8 Å². The summed E-state index contributed by atoms with van der Waals surface area (Å²) < 4.78 is 14.2. The lowest BCUT2D eigenvalue weighted by Gasteiger charge is -2.23. The predicted octanol–water partition coefficient (Wildman–Crippen LogP) is 2.47. The Morgan fingerprint density at radius 2 is 2.11 bits per heavy atom. The number of nitrogens with zero attached hydrogens (tertiary/aromatic N) is 1. The summed E-state index contributed by atoms with van der Waals surface area (Å²) in [6.45, 7) is 4.10. The topological polar surface area (TPSA) is 51.1 Å². The number of hydrogen-bond acceptors (Lipinski definition) is 2. The van der Waals surface area contributed by atoms with E-state index in [-0.39, 0.29) is 18.0 Å². The maximum absolute atomic E-state index is 12.3. The standard InChI is InChI=1S/C13H19BrN2O2S/c1-9(2)16-8-10(14)7-12(16)13(17)15-11-3-5-19(18)6-4-11/h7-9,11H,3-6H2,1-2H3,(H,15,17). The van der Waals surface area contributed by atoms with Gasteiger partial charge in [-0.05, 0) is 48.7 Å². The molecule has 4 nitrogen and oxygen atoms in total. The number of halogens is 1. The van der Waals surface area contributed by atoms with Gasteiger partial charge in [-0.3, -0.25) is 9.00 Å². The Bertz CT molecular complexity index is 489. The zero-order chi connectivity index (χ0) is 14.0. The number of nitrogens with one attached hydrogen (secondary N) is 1. The predicted molar refractivity (Wildman–Crippen MR) is 80.9 cm³/mol. The molecular weight excluding hydrogens is 328 g/mol. The van der Waals surface area contributed by atoms with Crippen molar-refractivity contribution in [3.8, 4) is 0 Å². The van der Waals surface area contributed by atoms with Crippen LogP contribution in [-0.4, -0.2) is 32.2 Å². The third-order valence-corrected chi connectivity index (χ3v) is 5.14. The average Bonchev–Trinajstić information content (AvgIpc) is 2.74. The monoisotopic (exact) mass is 346 g/mol. The van der Waals surface area contributed by atoms with Crippen LogP contribution in [0.3, 0.4) is 0 Å². The normalized spacial score (nSPS) is 23.6. The van der Waals surface area contributed by atoms with Crippen LogP contribution >= 0.6 is 15.9 Å². The molecule has 1 aliphatic rings. The highest BCUT2D eigenvalue weighted by Crippen LogP contribution is 2.20. The number of carbonyl (C=O) groups is 1. The zero-order valence-electron chi connectivity index (χ0n) is 11.2. The fraction of sp³-hybridized carbons (Fsp3) is 0.615. The molecule has 0 aromatic carbocycles. The van der Waals surface area contributed by atoms with Gasteiger partial charge in [0.15, 0.2) is 0 Å². The summed E-state index contributed by atoms with van der Waals surface area (Å²) in [5.41, 5.74) is 0.675. The molecule has 2 heterocycles. The van der Waals surface area contributed by atoms with Crippen molar-refractivity contribution in [2.45, 2.75) is 38.8 Å². The Kier molecular flexibility index (Phi) is 4.84. The molecule has 0 unspecified atom stereocenters. The quantitative estimate of drug-likeness (QED) is 0.913. The Morgan fingerprint density at radius 3 is 2.68 bits per heavy atom. The number of aromatic nitrogens is 1. The van der Waals surface area contributed by atoms with E-state index in [1.54, 1.807) is 0 Å². The van der Waals surface area contributed by atoms with Gasteiger partial charge in [0.1, 0.15) is 5.69 Å². The third-order valence-electron chi connectivity index (χ3n) is 3.33.